The molecule has 0 radical (unpaired) electrons. The van der Waals surface area contributed by atoms with Gasteiger partial charge in [-0.05, 0) is 0 Å². The van der Waals surface area contributed by atoms with Gasteiger partial charge >= 0.3 is 334 Å². The second-order valence-corrected chi connectivity index (χ2v) is 38.5. The van der Waals surface area contributed by atoms with E-state index in [0.29, 0.717) is 0 Å². The topological polar surface area (TPSA) is 26.3 Å². The van der Waals surface area contributed by atoms with Crippen LogP contribution in [0.25, 0.3) is 45.6 Å². The molecule has 6 aromatic rings. The molecule has 0 fully saturated rings. The van der Waals surface area contributed by atoms with Gasteiger partial charge in [0, 0.05) is 0 Å². The zero-order valence-electron chi connectivity index (χ0n) is 31.2. The monoisotopic (exact) mass is 851 g/mol. The molecule has 2 nitrogen and oxygen atoms in total. The fourth-order valence-electron chi connectivity index (χ4n) is 8.65. The van der Waals surface area contributed by atoms with E-state index in [9.17, 15) is 8.78 Å². The molecule has 8 heteroatoms. The molecule has 4 aromatic carbocycles. The molecule has 2 aliphatic carbocycles. The first-order chi connectivity index (χ1) is 25.9. The van der Waals surface area contributed by atoms with Crippen LogP contribution in [-0.2, 0) is 18.5 Å². The van der Waals surface area contributed by atoms with Crippen LogP contribution in [0.2, 0.25) is 12.1 Å². The molecule has 0 saturated carbocycles. The Balaban J connectivity index is 1.24. The van der Waals surface area contributed by atoms with Crippen LogP contribution >= 0.6 is 17.0 Å². The van der Waals surface area contributed by atoms with E-state index in [2.05, 4.69) is 64.1 Å². The number of allylic oxidation sites excluding steroid dienone is 2. The van der Waals surface area contributed by atoms with E-state index < -0.39 is 24.4 Å². The molecule has 2 atom stereocenters. The molecule has 2 unspecified atom stereocenters. The third-order valence-electron chi connectivity index (χ3n) is 11.6. The summed E-state index contributed by atoms with van der Waals surface area (Å²) in [6, 6.07) is 28.3. The van der Waals surface area contributed by atoms with Crippen molar-refractivity contribution in [2.24, 2.45) is 0 Å². The molecule has 8 rings (SSSR count). The maximum absolute atomic E-state index is 14.1. The molecule has 0 amide bonds. The van der Waals surface area contributed by atoms with Gasteiger partial charge in [0.25, 0.3) is 0 Å². The Hall–Kier alpha value is -3.54. The first kappa shape index (κ1) is 37.4. The van der Waals surface area contributed by atoms with Gasteiger partial charge in [-0.1, -0.05) is 0 Å². The molecule has 0 spiro atoms. The Labute approximate surface area is 331 Å². The molecule has 2 heterocycles. The molecule has 0 saturated heterocycles. The maximum atomic E-state index is 14.1. The van der Waals surface area contributed by atoms with E-state index in [4.69, 9.17) is 25.9 Å². The number of hydrogen-bond donors (Lipinski definition) is 0. The van der Waals surface area contributed by atoms with Crippen LogP contribution < -0.4 is 0 Å². The second kappa shape index (κ2) is 14.8. The molecule has 54 heavy (non-hydrogen) atoms. The fraction of sp³-hybridized carbons (Fsp3) is 0.217. The Morgan fingerprint density at radius 1 is 0.574 bits per heavy atom. The minimum absolute atomic E-state index is 0.0579. The van der Waals surface area contributed by atoms with Crippen LogP contribution in [0.4, 0.5) is 8.78 Å². The quantitative estimate of drug-likeness (QED) is 0.135. The van der Waals surface area contributed by atoms with Crippen molar-refractivity contribution in [3.8, 4) is 22.3 Å². The summed E-state index contributed by atoms with van der Waals surface area (Å²) in [7, 11) is 14.6. The predicted molar refractivity (Wildman–Crippen MR) is 219 cm³/mol. The number of hydrogen-bond acceptors (Lipinski definition) is 2. The normalized spacial score (nSPS) is 16.6. The average molecular weight is 854 g/mol. The zero-order valence-corrected chi connectivity index (χ0v) is 36.3. The van der Waals surface area contributed by atoms with Crippen LogP contribution in [0.15, 0.2) is 93.8 Å². The van der Waals surface area contributed by atoms with Gasteiger partial charge in [-0.3, -0.25) is 0 Å². The summed E-state index contributed by atoms with van der Waals surface area (Å²) in [5.74, 6) is 1.24. The van der Waals surface area contributed by atoms with Crippen LogP contribution in [-0.4, -0.2) is 5.92 Å². The molecule has 0 bridgehead atoms. The number of furan rings is 2. The van der Waals surface area contributed by atoms with Gasteiger partial charge in [-0.15, -0.1) is 0 Å². The first-order valence-corrected chi connectivity index (χ1v) is 31.2. The van der Waals surface area contributed by atoms with Crippen molar-refractivity contribution < 1.29 is 36.1 Å². The SMILES string of the molecule is Cc1ccc(C2=Cc3c(cc(C)c(C)c3-c3ccc(F)cc3)C2C[SiH](CC2C(c3ccc(C)o3)=Cc3c2cc(C)c(C)c3-c2ccc(F)cc2)[Zr]([Cl])[Cl])o1. The van der Waals surface area contributed by atoms with Crippen LogP contribution in [0.5, 0.6) is 0 Å². The van der Waals surface area contributed by atoms with Gasteiger partial charge in [0.1, 0.15) is 0 Å². The second-order valence-electron chi connectivity index (χ2n) is 15.0. The molecule has 2 aliphatic rings. The van der Waals surface area contributed by atoms with Crippen LogP contribution in [0, 0.1) is 53.2 Å². The average Bonchev–Trinajstić information content (AvgIpc) is 3.93. The fourth-order valence-corrected chi connectivity index (χ4v) is 23.8. The summed E-state index contributed by atoms with van der Waals surface area (Å²) in [6.45, 7) is 12.6. The van der Waals surface area contributed by atoms with Crippen molar-refractivity contribution in [1.82, 2.24) is 0 Å². The van der Waals surface area contributed by atoms with Gasteiger partial charge in [0.2, 0.25) is 0 Å². The number of benzene rings is 4. The standard InChI is InChI=1S/C46H41F2O2Si.2ClH.Zr/c1-25-19-35-39(45(29(25)5)31-9-13-33(47)14-10-31)21-37(43-17-7-27(3)49-43)41(35)23-51-24-42-36-20-26(2)30(6)46(32-11-15-34(48)16-12-32)40(36)22-38(42)44-18-8-28(4)50-44;;;/h7-22,41-42,51H,23-24H2,1-6H3;2*1H;/q;;;+2/p-2. The summed E-state index contributed by atoms with van der Waals surface area (Å²) in [5, 5.41) is 0. The van der Waals surface area contributed by atoms with E-state index in [0.717, 1.165) is 79.7 Å². The van der Waals surface area contributed by atoms with Crippen LogP contribution in [0.1, 0.15) is 79.4 Å². The summed E-state index contributed by atoms with van der Waals surface area (Å²) in [4.78, 5) is 0. The van der Waals surface area contributed by atoms with E-state index >= 15 is 0 Å². The van der Waals surface area contributed by atoms with Gasteiger partial charge in [-0.2, -0.15) is 0 Å². The number of fused-ring (bicyclic) bond motifs is 2. The van der Waals surface area contributed by atoms with E-state index in [1.807, 2.05) is 50.2 Å². The zero-order chi connectivity index (χ0) is 38.0. The Kier molecular flexibility index (Phi) is 10.3. The summed E-state index contributed by atoms with van der Waals surface area (Å²) < 4.78 is 40.9. The van der Waals surface area contributed by atoms with Crippen molar-refractivity contribution in [2.75, 3.05) is 0 Å². The van der Waals surface area contributed by atoms with Gasteiger partial charge in [0.05, 0.1) is 0 Å². The van der Waals surface area contributed by atoms with Crippen LogP contribution in [0.3, 0.4) is 0 Å². The van der Waals surface area contributed by atoms with E-state index in [-0.39, 0.29) is 23.5 Å². The van der Waals surface area contributed by atoms with Gasteiger partial charge < -0.3 is 0 Å². The van der Waals surface area contributed by atoms with Crippen molar-refractivity contribution in [2.45, 2.75) is 65.5 Å². The molecular weight excluding hydrogens is 813 g/mol. The van der Waals surface area contributed by atoms with Crippen molar-refractivity contribution in [3.05, 3.63) is 164 Å². The summed E-state index contributed by atoms with van der Waals surface area (Å²) in [5.41, 5.74) is 16.1. The third-order valence-corrected chi connectivity index (χ3v) is 33.3. The van der Waals surface area contributed by atoms with Gasteiger partial charge in [-0.25, -0.2) is 0 Å². The molecule has 0 N–H and O–H groups in total. The van der Waals surface area contributed by atoms with Gasteiger partial charge in [0.15, 0.2) is 0 Å². The predicted octanol–water partition coefficient (Wildman–Crippen LogP) is 14.0. The summed E-state index contributed by atoms with van der Waals surface area (Å²) >= 11 is -2.86. The third kappa shape index (κ3) is 6.83. The minimum atomic E-state index is -2.86. The first-order valence-electron chi connectivity index (χ1n) is 18.4. The summed E-state index contributed by atoms with van der Waals surface area (Å²) in [6.07, 6.45) is 4.59. The number of rotatable bonds is 9. The molecular formula is C46H41Cl2F2O2SiZr. The van der Waals surface area contributed by atoms with Crippen molar-refractivity contribution in [1.29, 1.82) is 0 Å². The molecule has 2 aromatic heterocycles. The Morgan fingerprint density at radius 3 is 1.30 bits per heavy atom. The number of halogens is 4. The van der Waals surface area contributed by atoms with E-state index in [1.54, 1.807) is 0 Å². The molecule has 273 valence electrons. The van der Waals surface area contributed by atoms with Crippen molar-refractivity contribution in [3.63, 3.8) is 0 Å². The van der Waals surface area contributed by atoms with Crippen molar-refractivity contribution >= 4 is 46.2 Å². The Morgan fingerprint density at radius 2 is 0.963 bits per heavy atom. The van der Waals surface area contributed by atoms with E-state index in [1.165, 1.54) is 57.6 Å². The molecule has 0 aliphatic heterocycles. The number of aryl methyl sites for hydroxylation is 4. The Bertz CT molecular complexity index is 2310.